The van der Waals surface area contributed by atoms with Crippen molar-refractivity contribution in [1.82, 2.24) is 9.80 Å². The zero-order chi connectivity index (χ0) is 15.2. The number of nitriles is 1. The highest BCUT2D eigenvalue weighted by atomic mass is 19.1. The average molecular weight is 291 g/mol. The van der Waals surface area contributed by atoms with Gasteiger partial charge in [-0.05, 0) is 24.1 Å². The molecule has 2 rings (SSSR count). The van der Waals surface area contributed by atoms with Crippen LogP contribution in [0.25, 0.3) is 0 Å². The van der Waals surface area contributed by atoms with Crippen molar-refractivity contribution >= 4 is 0 Å². The lowest BCUT2D eigenvalue weighted by atomic mass is 10.1. The van der Waals surface area contributed by atoms with Gasteiger partial charge in [0.1, 0.15) is 5.82 Å². The molecule has 0 amide bonds. The molecular formula is C16H22FN3O. The third kappa shape index (κ3) is 4.01. The monoisotopic (exact) mass is 291 g/mol. The molecule has 0 aliphatic carbocycles. The van der Waals surface area contributed by atoms with Crippen LogP contribution in [0.4, 0.5) is 4.39 Å². The summed E-state index contributed by atoms with van der Waals surface area (Å²) in [5, 5.41) is 18.4. The fraction of sp³-hybridized carbons (Fsp3) is 0.562. The van der Waals surface area contributed by atoms with E-state index in [-0.39, 0.29) is 18.5 Å². The third-order valence-electron chi connectivity index (χ3n) is 4.19. The Bertz CT molecular complexity index is 503. The smallest absolute Gasteiger partial charge is 0.124 e. The Hall–Kier alpha value is -1.48. The van der Waals surface area contributed by atoms with E-state index in [1.807, 2.05) is 0 Å². The molecule has 21 heavy (non-hydrogen) atoms. The first-order valence-corrected chi connectivity index (χ1v) is 7.43. The number of hydrogen-bond acceptors (Lipinski definition) is 4. The number of hydrogen-bond donors (Lipinski definition) is 1. The Kier molecular flexibility index (Phi) is 5.68. The standard InChI is InChI=1S/C16H22FN3O/c1-2-16(12-21)20-7-5-19(6-8-20)11-13-3-4-15(17)9-14(13)10-18/h3-4,9,16,21H,2,5-8,11-12H2,1H3. The zero-order valence-corrected chi connectivity index (χ0v) is 12.4. The van der Waals surface area contributed by atoms with Gasteiger partial charge in [-0.3, -0.25) is 9.80 Å². The van der Waals surface area contributed by atoms with Crippen molar-refractivity contribution in [3.8, 4) is 6.07 Å². The largest absolute Gasteiger partial charge is 0.395 e. The van der Waals surface area contributed by atoms with Crippen LogP contribution in [0.3, 0.4) is 0 Å². The van der Waals surface area contributed by atoms with E-state index in [9.17, 15) is 9.50 Å². The SMILES string of the molecule is CCC(CO)N1CCN(Cc2ccc(F)cc2C#N)CC1. The first kappa shape index (κ1) is 15.9. The summed E-state index contributed by atoms with van der Waals surface area (Å²) in [6.45, 7) is 6.60. The van der Waals surface area contributed by atoms with E-state index in [4.69, 9.17) is 5.26 Å². The average Bonchev–Trinajstić information content (AvgIpc) is 2.52. The van der Waals surface area contributed by atoms with Gasteiger partial charge in [-0.25, -0.2) is 4.39 Å². The van der Waals surface area contributed by atoms with E-state index in [1.54, 1.807) is 6.07 Å². The number of rotatable bonds is 5. The van der Waals surface area contributed by atoms with Gasteiger partial charge in [-0.2, -0.15) is 5.26 Å². The lowest BCUT2D eigenvalue weighted by Gasteiger charge is -2.38. The second-order valence-electron chi connectivity index (χ2n) is 5.47. The van der Waals surface area contributed by atoms with Gasteiger partial charge < -0.3 is 5.11 Å². The van der Waals surface area contributed by atoms with Crippen LogP contribution in [-0.2, 0) is 6.54 Å². The molecule has 1 saturated heterocycles. The van der Waals surface area contributed by atoms with Crippen molar-refractivity contribution in [2.24, 2.45) is 0 Å². The van der Waals surface area contributed by atoms with Crippen LogP contribution in [0.5, 0.6) is 0 Å². The van der Waals surface area contributed by atoms with Crippen LogP contribution in [0.1, 0.15) is 24.5 Å². The van der Waals surface area contributed by atoms with Crippen molar-refractivity contribution < 1.29 is 9.50 Å². The number of aliphatic hydroxyl groups is 1. The summed E-state index contributed by atoms with van der Waals surface area (Å²) < 4.78 is 13.1. The van der Waals surface area contributed by atoms with Gasteiger partial charge in [0.25, 0.3) is 0 Å². The summed E-state index contributed by atoms with van der Waals surface area (Å²) in [6.07, 6.45) is 0.951. The topological polar surface area (TPSA) is 50.5 Å². The Balaban J connectivity index is 1.94. The molecule has 0 aromatic heterocycles. The summed E-state index contributed by atoms with van der Waals surface area (Å²) in [6, 6.07) is 6.71. The molecule has 1 aliphatic heterocycles. The van der Waals surface area contributed by atoms with E-state index in [2.05, 4.69) is 22.8 Å². The van der Waals surface area contributed by atoms with Crippen LogP contribution in [0, 0.1) is 17.1 Å². The zero-order valence-electron chi connectivity index (χ0n) is 12.4. The summed E-state index contributed by atoms with van der Waals surface area (Å²) >= 11 is 0. The van der Waals surface area contributed by atoms with E-state index in [1.165, 1.54) is 12.1 Å². The van der Waals surface area contributed by atoms with Crippen LogP contribution in [-0.4, -0.2) is 53.7 Å². The minimum atomic E-state index is -0.367. The van der Waals surface area contributed by atoms with Crippen molar-refractivity contribution in [2.75, 3.05) is 32.8 Å². The molecule has 1 aromatic carbocycles. The van der Waals surface area contributed by atoms with Gasteiger partial charge in [-0.15, -0.1) is 0 Å². The van der Waals surface area contributed by atoms with Crippen LogP contribution in [0.2, 0.25) is 0 Å². The molecule has 1 aliphatic rings. The molecule has 0 radical (unpaired) electrons. The first-order chi connectivity index (χ1) is 10.2. The molecule has 114 valence electrons. The first-order valence-electron chi connectivity index (χ1n) is 7.43. The summed E-state index contributed by atoms with van der Waals surface area (Å²) in [7, 11) is 0. The third-order valence-corrected chi connectivity index (χ3v) is 4.19. The Morgan fingerprint density at radius 1 is 1.33 bits per heavy atom. The van der Waals surface area contributed by atoms with Crippen molar-refractivity contribution in [3.05, 3.63) is 35.1 Å². The fourth-order valence-corrected chi connectivity index (χ4v) is 2.82. The van der Waals surface area contributed by atoms with Crippen LogP contribution in [0.15, 0.2) is 18.2 Å². The van der Waals surface area contributed by atoms with Crippen LogP contribution >= 0.6 is 0 Å². The molecule has 0 saturated carbocycles. The maximum absolute atomic E-state index is 13.1. The second kappa shape index (κ2) is 7.51. The fourth-order valence-electron chi connectivity index (χ4n) is 2.82. The normalized spacial score (nSPS) is 18.4. The maximum Gasteiger partial charge on any atom is 0.124 e. The summed E-state index contributed by atoms with van der Waals surface area (Å²) in [5.41, 5.74) is 1.29. The maximum atomic E-state index is 13.1. The Morgan fingerprint density at radius 3 is 2.62 bits per heavy atom. The van der Waals surface area contributed by atoms with Gasteiger partial charge in [-0.1, -0.05) is 13.0 Å². The molecular weight excluding hydrogens is 269 g/mol. The molecule has 1 heterocycles. The second-order valence-corrected chi connectivity index (χ2v) is 5.47. The van der Waals surface area contributed by atoms with Gasteiger partial charge in [0.15, 0.2) is 0 Å². The number of nitrogens with zero attached hydrogens (tertiary/aromatic N) is 3. The van der Waals surface area contributed by atoms with E-state index >= 15 is 0 Å². The highest BCUT2D eigenvalue weighted by Crippen LogP contribution is 2.15. The lowest BCUT2D eigenvalue weighted by Crippen LogP contribution is -2.50. The van der Waals surface area contributed by atoms with E-state index in [0.29, 0.717) is 12.1 Å². The number of benzene rings is 1. The summed E-state index contributed by atoms with van der Waals surface area (Å²) in [4.78, 5) is 4.58. The predicted molar refractivity (Wildman–Crippen MR) is 79.1 cm³/mol. The van der Waals surface area contributed by atoms with Crippen molar-refractivity contribution in [3.63, 3.8) is 0 Å². The van der Waals surface area contributed by atoms with Gasteiger partial charge in [0.2, 0.25) is 0 Å². The number of piperazine rings is 1. The predicted octanol–water partition coefficient (Wildman–Crippen LogP) is 1.59. The lowest BCUT2D eigenvalue weighted by molar-refractivity contribution is 0.0608. The molecule has 1 unspecified atom stereocenters. The molecule has 0 spiro atoms. The minimum absolute atomic E-state index is 0.201. The Morgan fingerprint density at radius 2 is 2.05 bits per heavy atom. The summed E-state index contributed by atoms with van der Waals surface area (Å²) in [5.74, 6) is -0.367. The Labute approximate surface area is 125 Å². The van der Waals surface area contributed by atoms with E-state index in [0.717, 1.165) is 38.2 Å². The highest BCUT2D eigenvalue weighted by molar-refractivity contribution is 5.37. The molecule has 1 N–H and O–H groups in total. The van der Waals surface area contributed by atoms with Gasteiger partial charge in [0.05, 0.1) is 18.2 Å². The van der Waals surface area contributed by atoms with Crippen molar-refractivity contribution in [1.29, 1.82) is 5.26 Å². The van der Waals surface area contributed by atoms with E-state index < -0.39 is 0 Å². The number of halogens is 1. The van der Waals surface area contributed by atoms with Gasteiger partial charge in [0, 0.05) is 38.8 Å². The molecule has 4 nitrogen and oxygen atoms in total. The van der Waals surface area contributed by atoms with Crippen LogP contribution < -0.4 is 0 Å². The molecule has 1 fully saturated rings. The molecule has 0 bridgehead atoms. The minimum Gasteiger partial charge on any atom is -0.395 e. The quantitative estimate of drug-likeness (QED) is 0.895. The highest BCUT2D eigenvalue weighted by Gasteiger charge is 2.22. The van der Waals surface area contributed by atoms with Gasteiger partial charge >= 0.3 is 0 Å². The molecule has 1 aromatic rings. The molecule has 1 atom stereocenters. The number of aliphatic hydroxyl groups excluding tert-OH is 1. The van der Waals surface area contributed by atoms with Crippen molar-refractivity contribution in [2.45, 2.75) is 25.9 Å². The molecule has 5 heteroatoms.